The summed E-state index contributed by atoms with van der Waals surface area (Å²) in [6.07, 6.45) is 2.64. The van der Waals surface area contributed by atoms with E-state index in [9.17, 15) is 0 Å². The van der Waals surface area contributed by atoms with Crippen molar-refractivity contribution in [3.8, 4) is 5.75 Å². The molecule has 0 bridgehead atoms. The molecule has 0 aromatic heterocycles. The van der Waals surface area contributed by atoms with Crippen LogP contribution in [-0.4, -0.2) is 30.6 Å². The average molecular weight is 312 g/mol. The molecule has 2 nitrogen and oxygen atoms in total. The van der Waals surface area contributed by atoms with Gasteiger partial charge < -0.3 is 4.74 Å². The van der Waals surface area contributed by atoms with Gasteiger partial charge in [0.1, 0.15) is 12.4 Å². The molecule has 18 heavy (non-hydrogen) atoms. The van der Waals surface area contributed by atoms with Crippen molar-refractivity contribution in [2.45, 2.75) is 32.7 Å². The van der Waals surface area contributed by atoms with Gasteiger partial charge in [0.25, 0.3) is 0 Å². The molecule has 1 aliphatic heterocycles. The highest BCUT2D eigenvalue weighted by Gasteiger charge is 2.22. The quantitative estimate of drug-likeness (QED) is 0.835. The fourth-order valence-corrected chi connectivity index (χ4v) is 3.00. The molecule has 0 saturated carbocycles. The van der Waals surface area contributed by atoms with Crippen LogP contribution in [0, 0.1) is 5.92 Å². The molecular formula is C15H22BrNO. The predicted octanol–water partition coefficient (Wildman–Crippen LogP) is 3.95. The molecule has 0 radical (unpaired) electrons. The van der Waals surface area contributed by atoms with E-state index in [0.29, 0.717) is 6.04 Å². The number of benzene rings is 1. The normalized spacial score (nSPS) is 25.1. The highest BCUT2D eigenvalue weighted by molar-refractivity contribution is 9.10. The van der Waals surface area contributed by atoms with E-state index in [-0.39, 0.29) is 0 Å². The van der Waals surface area contributed by atoms with Crippen molar-refractivity contribution in [2.24, 2.45) is 5.92 Å². The van der Waals surface area contributed by atoms with Crippen molar-refractivity contribution in [1.29, 1.82) is 0 Å². The Bertz CT molecular complexity index is 383. The van der Waals surface area contributed by atoms with E-state index in [4.69, 9.17) is 4.74 Å². The lowest BCUT2D eigenvalue weighted by molar-refractivity contribution is 0.109. The van der Waals surface area contributed by atoms with Crippen LogP contribution < -0.4 is 4.74 Å². The maximum atomic E-state index is 5.79. The molecule has 0 N–H and O–H groups in total. The van der Waals surface area contributed by atoms with Crippen LogP contribution in [0.4, 0.5) is 0 Å². The number of halogens is 1. The monoisotopic (exact) mass is 311 g/mol. The molecule has 1 aliphatic rings. The first kappa shape index (κ1) is 13.9. The lowest BCUT2D eigenvalue weighted by atomic mass is 9.93. The lowest BCUT2D eigenvalue weighted by Gasteiger charge is -2.36. The number of nitrogens with zero attached hydrogens (tertiary/aromatic N) is 1. The Morgan fingerprint density at radius 1 is 1.39 bits per heavy atom. The summed E-state index contributed by atoms with van der Waals surface area (Å²) in [5.41, 5.74) is 0. The summed E-state index contributed by atoms with van der Waals surface area (Å²) >= 11 is 3.46. The van der Waals surface area contributed by atoms with E-state index in [1.807, 2.05) is 24.3 Å². The lowest BCUT2D eigenvalue weighted by Crippen LogP contribution is -2.42. The van der Waals surface area contributed by atoms with E-state index in [1.54, 1.807) is 0 Å². The molecule has 0 amide bonds. The van der Waals surface area contributed by atoms with Gasteiger partial charge in [-0.25, -0.2) is 0 Å². The molecule has 2 unspecified atom stereocenters. The number of hydrogen-bond acceptors (Lipinski definition) is 2. The molecule has 0 aliphatic carbocycles. The molecule has 2 rings (SSSR count). The molecule has 1 fully saturated rings. The maximum absolute atomic E-state index is 5.79. The number of piperidine rings is 1. The Morgan fingerprint density at radius 3 is 2.94 bits per heavy atom. The molecule has 3 heteroatoms. The van der Waals surface area contributed by atoms with Crippen molar-refractivity contribution in [3.05, 3.63) is 28.7 Å². The summed E-state index contributed by atoms with van der Waals surface area (Å²) in [4.78, 5) is 2.54. The van der Waals surface area contributed by atoms with Crippen molar-refractivity contribution in [3.63, 3.8) is 0 Å². The van der Waals surface area contributed by atoms with E-state index < -0.39 is 0 Å². The van der Waals surface area contributed by atoms with Gasteiger partial charge in [-0.15, -0.1) is 0 Å². The Morgan fingerprint density at radius 2 is 2.22 bits per heavy atom. The highest BCUT2D eigenvalue weighted by atomic mass is 79.9. The predicted molar refractivity (Wildman–Crippen MR) is 79.1 cm³/mol. The second kappa shape index (κ2) is 6.58. The molecule has 1 heterocycles. The summed E-state index contributed by atoms with van der Waals surface area (Å²) in [6, 6.07) is 8.74. The topological polar surface area (TPSA) is 12.5 Å². The van der Waals surface area contributed by atoms with E-state index >= 15 is 0 Å². The van der Waals surface area contributed by atoms with Crippen LogP contribution in [-0.2, 0) is 0 Å². The fourth-order valence-electron chi connectivity index (χ4n) is 2.63. The van der Waals surface area contributed by atoms with Crippen LogP contribution in [0.15, 0.2) is 28.7 Å². The van der Waals surface area contributed by atoms with Crippen LogP contribution in [0.1, 0.15) is 26.7 Å². The van der Waals surface area contributed by atoms with Gasteiger partial charge in [-0.1, -0.05) is 28.9 Å². The Labute approximate surface area is 118 Å². The van der Waals surface area contributed by atoms with Gasteiger partial charge >= 0.3 is 0 Å². The number of rotatable bonds is 4. The summed E-state index contributed by atoms with van der Waals surface area (Å²) in [6.45, 7) is 7.69. The number of likely N-dealkylation sites (tertiary alicyclic amines) is 1. The molecule has 1 aromatic rings. The van der Waals surface area contributed by atoms with Crippen LogP contribution in [0.5, 0.6) is 5.75 Å². The largest absolute Gasteiger partial charge is 0.492 e. The zero-order valence-corrected chi connectivity index (χ0v) is 12.8. The third kappa shape index (κ3) is 3.99. The number of ether oxygens (including phenoxy) is 1. The second-order valence-corrected chi connectivity index (χ2v) is 6.24. The van der Waals surface area contributed by atoms with Gasteiger partial charge in [0.05, 0.1) is 0 Å². The van der Waals surface area contributed by atoms with Crippen molar-refractivity contribution >= 4 is 15.9 Å². The van der Waals surface area contributed by atoms with Gasteiger partial charge in [0.15, 0.2) is 0 Å². The van der Waals surface area contributed by atoms with Crippen molar-refractivity contribution in [2.75, 3.05) is 19.7 Å². The van der Waals surface area contributed by atoms with Gasteiger partial charge in [0.2, 0.25) is 0 Å². The molecule has 1 saturated heterocycles. The van der Waals surface area contributed by atoms with Crippen molar-refractivity contribution < 1.29 is 4.74 Å². The molecular weight excluding hydrogens is 290 g/mol. The summed E-state index contributed by atoms with van der Waals surface area (Å²) in [5.74, 6) is 1.82. The van der Waals surface area contributed by atoms with Crippen LogP contribution >= 0.6 is 15.9 Å². The summed E-state index contributed by atoms with van der Waals surface area (Å²) in [5, 5.41) is 0. The fraction of sp³-hybridized carbons (Fsp3) is 0.600. The van der Waals surface area contributed by atoms with Crippen LogP contribution in [0.25, 0.3) is 0 Å². The van der Waals surface area contributed by atoms with Crippen molar-refractivity contribution in [1.82, 2.24) is 4.90 Å². The van der Waals surface area contributed by atoms with Gasteiger partial charge in [-0.3, -0.25) is 4.90 Å². The Balaban J connectivity index is 1.75. The highest BCUT2D eigenvalue weighted by Crippen LogP contribution is 2.22. The zero-order valence-electron chi connectivity index (χ0n) is 11.2. The molecule has 1 aromatic carbocycles. The smallest absolute Gasteiger partial charge is 0.120 e. The summed E-state index contributed by atoms with van der Waals surface area (Å²) < 4.78 is 6.86. The first-order valence-corrected chi connectivity index (χ1v) is 7.57. The zero-order chi connectivity index (χ0) is 13.0. The number of hydrogen-bond donors (Lipinski definition) is 0. The third-order valence-corrected chi connectivity index (χ3v) is 4.21. The van der Waals surface area contributed by atoms with Gasteiger partial charge in [-0.05, 0) is 50.4 Å². The average Bonchev–Trinajstić information content (AvgIpc) is 2.32. The Kier molecular flexibility index (Phi) is 5.07. The third-order valence-electron chi connectivity index (χ3n) is 3.72. The van der Waals surface area contributed by atoms with Crippen LogP contribution in [0.2, 0.25) is 0 Å². The molecule has 100 valence electrons. The molecule has 2 atom stereocenters. The van der Waals surface area contributed by atoms with Crippen LogP contribution in [0.3, 0.4) is 0 Å². The Hall–Kier alpha value is -0.540. The van der Waals surface area contributed by atoms with E-state index in [1.165, 1.54) is 19.4 Å². The van der Waals surface area contributed by atoms with Gasteiger partial charge in [-0.2, -0.15) is 0 Å². The van der Waals surface area contributed by atoms with E-state index in [2.05, 4.69) is 34.7 Å². The first-order valence-electron chi connectivity index (χ1n) is 6.77. The first-order chi connectivity index (χ1) is 8.65. The van der Waals surface area contributed by atoms with E-state index in [0.717, 1.165) is 29.3 Å². The maximum Gasteiger partial charge on any atom is 0.120 e. The minimum Gasteiger partial charge on any atom is -0.492 e. The minimum atomic E-state index is 0.694. The second-order valence-electron chi connectivity index (χ2n) is 5.32. The molecule has 0 spiro atoms. The minimum absolute atomic E-state index is 0.694. The van der Waals surface area contributed by atoms with Gasteiger partial charge in [0, 0.05) is 17.1 Å². The SMILES string of the molecule is CC1CCN(CCOc2cccc(Br)c2)C(C)C1. The standard InChI is InChI=1S/C15H22BrNO/c1-12-6-7-17(13(2)10-12)8-9-18-15-5-3-4-14(16)11-15/h3-5,11-13H,6-10H2,1-2H3. The summed E-state index contributed by atoms with van der Waals surface area (Å²) in [7, 11) is 0.